The molecule has 1 aliphatic heterocycles. The van der Waals surface area contributed by atoms with Gasteiger partial charge in [0.25, 0.3) is 0 Å². The van der Waals surface area contributed by atoms with Crippen molar-refractivity contribution in [2.24, 2.45) is 0 Å². The van der Waals surface area contributed by atoms with E-state index < -0.39 is 0 Å². The van der Waals surface area contributed by atoms with Gasteiger partial charge in [-0.1, -0.05) is 6.92 Å². The summed E-state index contributed by atoms with van der Waals surface area (Å²) in [6.45, 7) is 4.42. The monoisotopic (exact) mass is 288 g/mol. The van der Waals surface area contributed by atoms with Crippen LogP contribution in [0.15, 0.2) is 18.3 Å². The average Bonchev–Trinajstić information content (AvgIpc) is 3.19. The molecule has 7 heteroatoms. The first-order valence-electron chi connectivity index (χ1n) is 7.41. The zero-order valence-corrected chi connectivity index (χ0v) is 12.2. The zero-order chi connectivity index (χ0) is 14.5. The lowest BCUT2D eigenvalue weighted by atomic mass is 10.2. The Kier molecular flexibility index (Phi) is 4.52. The molecule has 2 aromatic rings. The lowest BCUT2D eigenvalue weighted by Crippen LogP contribution is -2.27. The molecule has 1 N–H and O–H groups in total. The highest BCUT2D eigenvalue weighted by atomic mass is 16.5. The van der Waals surface area contributed by atoms with Crippen molar-refractivity contribution in [3.8, 4) is 5.82 Å². The van der Waals surface area contributed by atoms with E-state index in [2.05, 4.69) is 32.7 Å². The molecule has 3 rings (SSSR count). The Bertz CT molecular complexity index is 578. The molecule has 1 aliphatic rings. The van der Waals surface area contributed by atoms with Gasteiger partial charge in [0.15, 0.2) is 11.6 Å². The molecule has 7 nitrogen and oxygen atoms in total. The molecule has 0 radical (unpaired) electrons. The standard InChI is InChI=1S/C14H20N6O/c1-2-11-5-6-16-13(8-11)20-14(17-18-19-20)10-15-9-12-4-3-7-21-12/h5-6,8,12,15H,2-4,7,9-10H2,1H3/t12-/m1/s1. The smallest absolute Gasteiger partial charge is 0.172 e. The third kappa shape index (κ3) is 3.43. The van der Waals surface area contributed by atoms with Crippen LogP contribution in [0.1, 0.15) is 31.2 Å². The lowest BCUT2D eigenvalue weighted by molar-refractivity contribution is 0.109. The van der Waals surface area contributed by atoms with E-state index in [0.717, 1.165) is 44.1 Å². The third-order valence-corrected chi connectivity index (χ3v) is 3.65. The Morgan fingerprint density at radius 1 is 1.48 bits per heavy atom. The summed E-state index contributed by atoms with van der Waals surface area (Å²) in [5.41, 5.74) is 1.22. The van der Waals surface area contributed by atoms with Crippen LogP contribution in [0.4, 0.5) is 0 Å². The molecule has 112 valence electrons. The topological polar surface area (TPSA) is 77.8 Å². The maximum absolute atomic E-state index is 5.58. The second kappa shape index (κ2) is 6.73. The minimum absolute atomic E-state index is 0.316. The number of hydrogen-bond acceptors (Lipinski definition) is 6. The summed E-state index contributed by atoms with van der Waals surface area (Å²) in [6, 6.07) is 4.02. The van der Waals surface area contributed by atoms with Crippen LogP contribution in [0, 0.1) is 0 Å². The van der Waals surface area contributed by atoms with Gasteiger partial charge in [0.05, 0.1) is 12.6 Å². The number of ether oxygens (including phenoxy) is 1. The summed E-state index contributed by atoms with van der Waals surface area (Å²) >= 11 is 0. The molecular weight excluding hydrogens is 268 g/mol. The molecule has 0 aromatic carbocycles. The maximum Gasteiger partial charge on any atom is 0.172 e. The highest BCUT2D eigenvalue weighted by Gasteiger charge is 2.15. The highest BCUT2D eigenvalue weighted by molar-refractivity contribution is 5.27. The number of hydrogen-bond donors (Lipinski definition) is 1. The van der Waals surface area contributed by atoms with Gasteiger partial charge in [0.1, 0.15) is 0 Å². The van der Waals surface area contributed by atoms with Crippen LogP contribution >= 0.6 is 0 Å². The number of pyridine rings is 1. The first-order valence-corrected chi connectivity index (χ1v) is 7.41. The van der Waals surface area contributed by atoms with E-state index in [4.69, 9.17) is 4.74 Å². The van der Waals surface area contributed by atoms with Crippen molar-refractivity contribution in [3.05, 3.63) is 29.7 Å². The molecule has 1 atom stereocenters. The SMILES string of the molecule is CCc1ccnc(-n2nnnc2CNC[C@H]2CCCO2)c1. The van der Waals surface area contributed by atoms with Crippen molar-refractivity contribution in [1.82, 2.24) is 30.5 Å². The molecule has 1 fully saturated rings. The quantitative estimate of drug-likeness (QED) is 0.850. The number of nitrogens with one attached hydrogen (secondary N) is 1. The van der Waals surface area contributed by atoms with Gasteiger partial charge < -0.3 is 10.1 Å². The van der Waals surface area contributed by atoms with Gasteiger partial charge in [0, 0.05) is 19.3 Å². The summed E-state index contributed by atoms with van der Waals surface area (Å²) in [5, 5.41) is 15.2. The molecule has 0 spiro atoms. The van der Waals surface area contributed by atoms with E-state index in [-0.39, 0.29) is 0 Å². The van der Waals surface area contributed by atoms with Crippen LogP contribution < -0.4 is 5.32 Å². The summed E-state index contributed by atoms with van der Waals surface area (Å²) in [7, 11) is 0. The predicted molar refractivity (Wildman–Crippen MR) is 77.0 cm³/mol. The fraction of sp³-hybridized carbons (Fsp3) is 0.571. The van der Waals surface area contributed by atoms with Gasteiger partial charge in [0.2, 0.25) is 0 Å². The third-order valence-electron chi connectivity index (χ3n) is 3.65. The fourth-order valence-corrected chi connectivity index (χ4v) is 2.44. The van der Waals surface area contributed by atoms with Crippen LogP contribution in [-0.4, -0.2) is 44.4 Å². The number of aromatic nitrogens is 5. The molecule has 0 bridgehead atoms. The molecule has 1 saturated heterocycles. The van der Waals surface area contributed by atoms with E-state index in [1.807, 2.05) is 12.1 Å². The molecule has 0 amide bonds. The van der Waals surface area contributed by atoms with Crippen LogP contribution in [0.2, 0.25) is 0 Å². The fourth-order valence-electron chi connectivity index (χ4n) is 2.44. The van der Waals surface area contributed by atoms with Crippen molar-refractivity contribution in [1.29, 1.82) is 0 Å². The minimum atomic E-state index is 0.316. The molecule has 3 heterocycles. The predicted octanol–water partition coefficient (Wildman–Crippen LogP) is 0.888. The first kappa shape index (κ1) is 14.1. The Hall–Kier alpha value is -1.86. The van der Waals surface area contributed by atoms with Crippen LogP contribution in [0.5, 0.6) is 0 Å². The first-order chi connectivity index (χ1) is 10.4. The van der Waals surface area contributed by atoms with E-state index in [1.165, 1.54) is 5.56 Å². The van der Waals surface area contributed by atoms with E-state index in [1.54, 1.807) is 10.9 Å². The van der Waals surface area contributed by atoms with Crippen LogP contribution in [0.25, 0.3) is 5.82 Å². The van der Waals surface area contributed by atoms with Crippen molar-refractivity contribution in [3.63, 3.8) is 0 Å². The number of nitrogens with zero attached hydrogens (tertiary/aromatic N) is 5. The molecule has 2 aromatic heterocycles. The van der Waals surface area contributed by atoms with Crippen LogP contribution in [-0.2, 0) is 17.7 Å². The van der Waals surface area contributed by atoms with Crippen molar-refractivity contribution < 1.29 is 4.74 Å². The van der Waals surface area contributed by atoms with E-state index >= 15 is 0 Å². The number of tetrazole rings is 1. The van der Waals surface area contributed by atoms with Gasteiger partial charge in [-0.15, -0.1) is 5.10 Å². The van der Waals surface area contributed by atoms with E-state index in [0.29, 0.717) is 12.6 Å². The van der Waals surface area contributed by atoms with Crippen molar-refractivity contribution >= 4 is 0 Å². The Balaban J connectivity index is 1.65. The molecule has 0 aliphatic carbocycles. The Morgan fingerprint density at radius 2 is 2.43 bits per heavy atom. The largest absolute Gasteiger partial charge is 0.377 e. The minimum Gasteiger partial charge on any atom is -0.377 e. The molecule has 0 unspecified atom stereocenters. The zero-order valence-electron chi connectivity index (χ0n) is 12.2. The lowest BCUT2D eigenvalue weighted by Gasteiger charge is -2.10. The van der Waals surface area contributed by atoms with Crippen molar-refractivity contribution in [2.45, 2.75) is 38.8 Å². The molecular formula is C14H20N6O. The summed E-state index contributed by atoms with van der Waals surface area (Å²) in [6.07, 6.45) is 5.34. The second-order valence-electron chi connectivity index (χ2n) is 5.15. The summed E-state index contributed by atoms with van der Waals surface area (Å²) in [5.74, 6) is 1.52. The normalized spacial score (nSPS) is 18.2. The average molecular weight is 288 g/mol. The van der Waals surface area contributed by atoms with Crippen LogP contribution in [0.3, 0.4) is 0 Å². The van der Waals surface area contributed by atoms with Gasteiger partial charge in [-0.05, 0) is 47.4 Å². The Morgan fingerprint density at radius 3 is 3.24 bits per heavy atom. The van der Waals surface area contributed by atoms with Crippen molar-refractivity contribution in [2.75, 3.05) is 13.2 Å². The molecule has 0 saturated carbocycles. The van der Waals surface area contributed by atoms with Gasteiger partial charge in [-0.2, -0.15) is 4.68 Å². The van der Waals surface area contributed by atoms with Gasteiger partial charge >= 0.3 is 0 Å². The summed E-state index contributed by atoms with van der Waals surface area (Å²) in [4.78, 5) is 4.34. The highest BCUT2D eigenvalue weighted by Crippen LogP contribution is 2.11. The number of rotatable bonds is 6. The number of aryl methyl sites for hydroxylation is 1. The van der Waals surface area contributed by atoms with Gasteiger partial charge in [-0.3, -0.25) is 0 Å². The Labute approximate surface area is 123 Å². The van der Waals surface area contributed by atoms with E-state index in [9.17, 15) is 0 Å². The molecule has 21 heavy (non-hydrogen) atoms. The van der Waals surface area contributed by atoms with Gasteiger partial charge in [-0.25, -0.2) is 4.98 Å². The second-order valence-corrected chi connectivity index (χ2v) is 5.15. The summed E-state index contributed by atoms with van der Waals surface area (Å²) < 4.78 is 7.27. The maximum atomic E-state index is 5.58.